The van der Waals surface area contributed by atoms with Gasteiger partial charge in [-0.05, 0) is 111 Å². The van der Waals surface area contributed by atoms with E-state index in [0.29, 0.717) is 5.82 Å². The van der Waals surface area contributed by atoms with Crippen LogP contribution in [0, 0.1) is 13.8 Å². The number of aryl methyl sites for hydroxylation is 2. The van der Waals surface area contributed by atoms with Crippen molar-refractivity contribution in [1.82, 2.24) is 9.97 Å². The number of hydrogen-bond donors (Lipinski definition) is 0. The predicted octanol–water partition coefficient (Wildman–Crippen LogP) is 13.4. The Labute approximate surface area is 323 Å². The number of benzene rings is 7. The first kappa shape index (κ1) is 33.0. The van der Waals surface area contributed by atoms with E-state index in [1.54, 1.807) is 0 Å². The Balaban J connectivity index is 1.10. The summed E-state index contributed by atoms with van der Waals surface area (Å²) in [6.07, 6.45) is 6.93. The van der Waals surface area contributed by atoms with Crippen LogP contribution < -0.4 is 0 Å². The molecule has 10 rings (SSSR count). The highest BCUT2D eigenvalue weighted by Crippen LogP contribution is 2.58. The summed E-state index contributed by atoms with van der Waals surface area (Å²) < 4.78 is 0. The summed E-state index contributed by atoms with van der Waals surface area (Å²) in [6, 6.07) is 61.4. The lowest BCUT2D eigenvalue weighted by atomic mass is 9.64. The van der Waals surface area contributed by atoms with E-state index < -0.39 is 0 Å². The maximum Gasteiger partial charge on any atom is 0.160 e. The molecule has 1 unspecified atom stereocenters. The average molecular weight is 705 g/mol. The van der Waals surface area contributed by atoms with Gasteiger partial charge in [-0.1, -0.05) is 164 Å². The summed E-state index contributed by atoms with van der Waals surface area (Å²) in [5.74, 6) is 0.712. The van der Waals surface area contributed by atoms with Crippen molar-refractivity contribution in [3.05, 3.63) is 221 Å². The molecule has 262 valence electrons. The van der Waals surface area contributed by atoms with Gasteiger partial charge in [-0.2, -0.15) is 0 Å². The van der Waals surface area contributed by atoms with E-state index in [4.69, 9.17) is 9.97 Å². The van der Waals surface area contributed by atoms with Gasteiger partial charge in [-0.15, -0.1) is 0 Å². The van der Waals surface area contributed by atoms with Crippen molar-refractivity contribution in [2.75, 3.05) is 0 Å². The van der Waals surface area contributed by atoms with Gasteiger partial charge < -0.3 is 0 Å². The van der Waals surface area contributed by atoms with Crippen LogP contribution in [0.5, 0.6) is 0 Å². The summed E-state index contributed by atoms with van der Waals surface area (Å²) >= 11 is 0. The highest BCUT2D eigenvalue weighted by atomic mass is 14.9. The second kappa shape index (κ2) is 13.3. The first-order chi connectivity index (χ1) is 27.1. The van der Waals surface area contributed by atoms with Crippen LogP contribution in [0.3, 0.4) is 0 Å². The summed E-state index contributed by atoms with van der Waals surface area (Å²) in [4.78, 5) is 10.4. The van der Waals surface area contributed by atoms with Crippen LogP contribution in [-0.2, 0) is 5.41 Å². The van der Waals surface area contributed by atoms with Crippen molar-refractivity contribution >= 4 is 16.3 Å². The quantitative estimate of drug-likeness (QED) is 0.172. The molecule has 0 amide bonds. The van der Waals surface area contributed by atoms with Gasteiger partial charge in [0, 0.05) is 16.7 Å². The largest absolute Gasteiger partial charge is 0.228 e. The van der Waals surface area contributed by atoms with Gasteiger partial charge in [0.15, 0.2) is 5.82 Å². The van der Waals surface area contributed by atoms with Gasteiger partial charge in [-0.25, -0.2) is 9.97 Å². The molecule has 0 radical (unpaired) electrons. The van der Waals surface area contributed by atoms with Crippen molar-refractivity contribution in [2.45, 2.75) is 32.1 Å². The van der Waals surface area contributed by atoms with Crippen LogP contribution >= 0.6 is 0 Å². The fourth-order valence-electron chi connectivity index (χ4n) is 9.16. The van der Waals surface area contributed by atoms with E-state index >= 15 is 0 Å². The maximum atomic E-state index is 5.21. The average Bonchev–Trinajstić information content (AvgIpc) is 3.54. The molecule has 8 aromatic rings. The lowest BCUT2D eigenvalue weighted by Crippen LogP contribution is -2.31. The number of fused-ring (bicyclic) bond motifs is 3. The van der Waals surface area contributed by atoms with Crippen molar-refractivity contribution < 1.29 is 0 Å². The van der Waals surface area contributed by atoms with E-state index in [0.717, 1.165) is 46.5 Å². The van der Waals surface area contributed by atoms with Crippen LogP contribution in [0.4, 0.5) is 0 Å². The van der Waals surface area contributed by atoms with Crippen molar-refractivity contribution in [1.29, 1.82) is 0 Å². The molecule has 0 fully saturated rings. The van der Waals surface area contributed by atoms with Gasteiger partial charge in [-0.3, -0.25) is 0 Å². The molecule has 0 saturated carbocycles. The lowest BCUT2D eigenvalue weighted by molar-refractivity contribution is 0.743. The zero-order valence-corrected chi connectivity index (χ0v) is 31.1. The molecule has 2 aliphatic rings. The smallest absolute Gasteiger partial charge is 0.160 e. The summed E-state index contributed by atoms with van der Waals surface area (Å²) in [6.45, 7) is 4.55. The Morgan fingerprint density at radius 1 is 0.455 bits per heavy atom. The topological polar surface area (TPSA) is 25.8 Å². The van der Waals surface area contributed by atoms with Crippen molar-refractivity contribution in [3.8, 4) is 45.0 Å². The summed E-state index contributed by atoms with van der Waals surface area (Å²) in [5, 5.41) is 2.41. The normalized spacial score (nSPS) is 16.0. The maximum absolute atomic E-state index is 5.21. The molecule has 1 heterocycles. The molecule has 0 N–H and O–H groups in total. The molecule has 7 aromatic carbocycles. The molecule has 0 spiro atoms. The standard InChI is InChI=1S/C53H40N2/c1-35-15-6-11-24-46(35)53(48-25-12-9-22-44(48)45-23-10-13-26-49(45)53)47-30-29-41(31-36(47)2)40-20-14-21-43(33-40)52-54-50(38-17-4-3-5-18-38)34-51(55-52)42-28-27-37-16-7-8-19-39(37)32-42/h3-9,11-22,24-34H,10,23H2,1-2H3. The zero-order valence-electron chi connectivity index (χ0n) is 31.1. The fourth-order valence-corrected chi connectivity index (χ4v) is 9.16. The van der Waals surface area contributed by atoms with E-state index in [1.807, 2.05) is 6.07 Å². The third kappa shape index (κ3) is 5.48. The van der Waals surface area contributed by atoms with Gasteiger partial charge in [0.05, 0.1) is 16.8 Å². The number of aromatic nitrogens is 2. The Bertz CT molecular complexity index is 2840. The minimum Gasteiger partial charge on any atom is -0.228 e. The fraction of sp³-hybridized carbons (Fsp3) is 0.0943. The van der Waals surface area contributed by atoms with Gasteiger partial charge in [0.2, 0.25) is 0 Å². The van der Waals surface area contributed by atoms with E-state index in [9.17, 15) is 0 Å². The summed E-state index contributed by atoms with van der Waals surface area (Å²) in [7, 11) is 0. The molecule has 1 atom stereocenters. The monoisotopic (exact) mass is 704 g/mol. The SMILES string of the molecule is Cc1ccccc1C1(c2ccc(-c3cccc(-c4nc(-c5ccccc5)cc(-c5ccc6ccccc6c5)n4)c3)cc2C)C2=C(CCC=C2)c2ccccc21. The molecule has 1 aromatic heterocycles. The van der Waals surface area contributed by atoms with Gasteiger partial charge in [0.25, 0.3) is 0 Å². The highest BCUT2D eigenvalue weighted by molar-refractivity contribution is 5.90. The third-order valence-corrected chi connectivity index (χ3v) is 11.7. The number of allylic oxidation sites excluding steroid dienone is 4. The van der Waals surface area contributed by atoms with Crippen LogP contribution in [0.25, 0.3) is 61.4 Å². The van der Waals surface area contributed by atoms with E-state index in [-0.39, 0.29) is 5.41 Å². The van der Waals surface area contributed by atoms with E-state index in [1.165, 1.54) is 60.9 Å². The van der Waals surface area contributed by atoms with Crippen LogP contribution in [0.2, 0.25) is 0 Å². The van der Waals surface area contributed by atoms with Gasteiger partial charge >= 0.3 is 0 Å². The molecule has 2 aliphatic carbocycles. The Kier molecular flexibility index (Phi) is 7.99. The molecule has 0 saturated heterocycles. The molecule has 55 heavy (non-hydrogen) atoms. The first-order valence-corrected chi connectivity index (χ1v) is 19.3. The van der Waals surface area contributed by atoms with Crippen molar-refractivity contribution in [2.24, 2.45) is 0 Å². The van der Waals surface area contributed by atoms with Gasteiger partial charge in [0.1, 0.15) is 0 Å². The Morgan fingerprint density at radius 2 is 1.11 bits per heavy atom. The molecule has 2 nitrogen and oxygen atoms in total. The van der Waals surface area contributed by atoms with E-state index in [2.05, 4.69) is 190 Å². The highest BCUT2D eigenvalue weighted by Gasteiger charge is 2.48. The predicted molar refractivity (Wildman–Crippen MR) is 229 cm³/mol. The van der Waals surface area contributed by atoms with Crippen LogP contribution in [-0.4, -0.2) is 9.97 Å². The number of rotatable bonds is 6. The zero-order chi connectivity index (χ0) is 36.9. The second-order valence-corrected chi connectivity index (χ2v) is 14.9. The summed E-state index contributed by atoms with van der Waals surface area (Å²) in [5.41, 5.74) is 17.8. The lowest BCUT2D eigenvalue weighted by Gasteiger charge is -2.37. The minimum atomic E-state index is -0.385. The molecular formula is C53H40N2. The van der Waals surface area contributed by atoms with Crippen LogP contribution in [0.15, 0.2) is 188 Å². The second-order valence-electron chi connectivity index (χ2n) is 14.9. The molecule has 2 heteroatoms. The number of hydrogen-bond acceptors (Lipinski definition) is 2. The van der Waals surface area contributed by atoms with Crippen LogP contribution in [0.1, 0.15) is 46.2 Å². The Morgan fingerprint density at radius 3 is 1.95 bits per heavy atom. The Hall–Kier alpha value is -6.64. The minimum absolute atomic E-state index is 0.385. The molecule has 0 aliphatic heterocycles. The molecule has 0 bridgehead atoms. The molecular weight excluding hydrogens is 665 g/mol. The number of nitrogens with zero attached hydrogens (tertiary/aromatic N) is 2. The third-order valence-electron chi connectivity index (χ3n) is 11.7. The van der Waals surface area contributed by atoms with Crippen molar-refractivity contribution in [3.63, 3.8) is 0 Å². The first-order valence-electron chi connectivity index (χ1n) is 19.3.